The Morgan fingerprint density at radius 1 is 0.909 bits per heavy atom. The molecular formula is C16H14O6. The molecule has 1 atom stereocenters. The van der Waals surface area contributed by atoms with E-state index < -0.39 is 18.4 Å². The smallest absolute Gasteiger partial charge is 0.450 e. The van der Waals surface area contributed by atoms with Crippen molar-refractivity contribution < 1.29 is 29.3 Å². The normalized spacial score (nSPS) is 11.5. The summed E-state index contributed by atoms with van der Waals surface area (Å²) in [5, 5.41) is 17.6. The Labute approximate surface area is 126 Å². The Kier molecular flexibility index (Phi) is 4.98. The van der Waals surface area contributed by atoms with Gasteiger partial charge >= 0.3 is 12.3 Å². The number of rotatable bonds is 5. The highest BCUT2D eigenvalue weighted by atomic mass is 16.7. The molecule has 0 aliphatic rings. The number of hydrogen-bond donors (Lipinski definition) is 2. The molecule has 0 radical (unpaired) electrons. The van der Waals surface area contributed by atoms with E-state index in [0.29, 0.717) is 11.1 Å². The van der Waals surface area contributed by atoms with Crippen molar-refractivity contribution in [2.45, 2.75) is 12.5 Å². The van der Waals surface area contributed by atoms with Gasteiger partial charge in [-0.2, -0.15) is 0 Å². The third kappa shape index (κ3) is 4.24. The van der Waals surface area contributed by atoms with Crippen molar-refractivity contribution in [1.29, 1.82) is 0 Å². The molecule has 6 heteroatoms. The quantitative estimate of drug-likeness (QED) is 0.646. The van der Waals surface area contributed by atoms with Crippen LogP contribution in [-0.2, 0) is 11.2 Å². The first-order valence-electron chi connectivity index (χ1n) is 6.49. The van der Waals surface area contributed by atoms with Crippen LogP contribution in [-0.4, -0.2) is 22.5 Å². The van der Waals surface area contributed by atoms with Crippen molar-refractivity contribution >= 4 is 12.3 Å². The summed E-state index contributed by atoms with van der Waals surface area (Å²) in [5.74, 6) is 0.157. The third-order valence-corrected chi connectivity index (χ3v) is 2.99. The third-order valence-electron chi connectivity index (χ3n) is 2.99. The maximum atomic E-state index is 10.9. The summed E-state index contributed by atoms with van der Waals surface area (Å²) < 4.78 is 9.61. The van der Waals surface area contributed by atoms with E-state index in [1.807, 2.05) is 6.07 Å². The van der Waals surface area contributed by atoms with Gasteiger partial charge in [-0.1, -0.05) is 48.5 Å². The lowest BCUT2D eigenvalue weighted by Gasteiger charge is -2.17. The monoisotopic (exact) mass is 302 g/mol. The van der Waals surface area contributed by atoms with Gasteiger partial charge in [0.05, 0.1) is 0 Å². The molecule has 0 fully saturated rings. The molecule has 2 aromatic rings. The Morgan fingerprint density at radius 3 is 2.18 bits per heavy atom. The average molecular weight is 302 g/mol. The van der Waals surface area contributed by atoms with Gasteiger partial charge in [-0.25, -0.2) is 9.59 Å². The molecule has 0 aliphatic carbocycles. The zero-order valence-corrected chi connectivity index (χ0v) is 11.5. The molecule has 0 bridgehead atoms. The number of carboxylic acid groups (broad SMARTS) is 2. The van der Waals surface area contributed by atoms with Gasteiger partial charge in [-0.15, -0.1) is 0 Å². The number of para-hydroxylation sites is 1. The van der Waals surface area contributed by atoms with Crippen LogP contribution in [0.2, 0.25) is 0 Å². The maximum absolute atomic E-state index is 10.9. The summed E-state index contributed by atoms with van der Waals surface area (Å²) in [7, 11) is 0. The minimum Gasteiger partial charge on any atom is -0.450 e. The van der Waals surface area contributed by atoms with Crippen molar-refractivity contribution in [2.75, 3.05) is 0 Å². The van der Waals surface area contributed by atoms with Crippen molar-refractivity contribution in [1.82, 2.24) is 0 Å². The lowest BCUT2D eigenvalue weighted by Crippen LogP contribution is -2.13. The van der Waals surface area contributed by atoms with Crippen molar-refractivity contribution in [2.24, 2.45) is 0 Å². The first-order valence-corrected chi connectivity index (χ1v) is 6.49. The standard InChI is InChI=1S/C16H14O6/c17-15(18)21-13-9-5-4-8-12(13)10-14(22-16(19)20)11-6-2-1-3-7-11/h1-9,14H,10H2,(H,17,18)(H,19,20). The Bertz CT molecular complexity index is 653. The Morgan fingerprint density at radius 2 is 1.55 bits per heavy atom. The lowest BCUT2D eigenvalue weighted by molar-refractivity contribution is 0.0509. The number of carbonyl (C=O) groups is 2. The van der Waals surface area contributed by atoms with Gasteiger partial charge in [0, 0.05) is 6.42 Å². The van der Waals surface area contributed by atoms with E-state index in [2.05, 4.69) is 0 Å². The summed E-state index contributed by atoms with van der Waals surface area (Å²) in [4.78, 5) is 21.6. The van der Waals surface area contributed by atoms with Crippen LogP contribution in [0, 0.1) is 0 Å². The minimum atomic E-state index is -1.43. The highest BCUT2D eigenvalue weighted by Gasteiger charge is 2.19. The zero-order chi connectivity index (χ0) is 15.9. The van der Waals surface area contributed by atoms with Gasteiger partial charge in [-0.05, 0) is 17.2 Å². The van der Waals surface area contributed by atoms with Crippen LogP contribution >= 0.6 is 0 Å². The minimum absolute atomic E-state index is 0.157. The van der Waals surface area contributed by atoms with Gasteiger partial charge < -0.3 is 19.7 Å². The van der Waals surface area contributed by atoms with Crippen LogP contribution in [0.4, 0.5) is 9.59 Å². The molecule has 0 saturated carbocycles. The topological polar surface area (TPSA) is 93.1 Å². The molecule has 0 amide bonds. The van der Waals surface area contributed by atoms with Crippen LogP contribution < -0.4 is 4.74 Å². The zero-order valence-electron chi connectivity index (χ0n) is 11.5. The van der Waals surface area contributed by atoms with Gasteiger partial charge in [0.15, 0.2) is 0 Å². The molecular weight excluding hydrogens is 288 g/mol. The largest absolute Gasteiger partial charge is 0.511 e. The molecule has 1 unspecified atom stereocenters. The fourth-order valence-corrected chi connectivity index (χ4v) is 2.08. The van der Waals surface area contributed by atoms with Gasteiger partial charge in [-0.3, -0.25) is 0 Å². The van der Waals surface area contributed by atoms with E-state index in [9.17, 15) is 9.59 Å². The number of benzene rings is 2. The Balaban J connectivity index is 2.27. The molecule has 0 spiro atoms. The van der Waals surface area contributed by atoms with Crippen LogP contribution in [0.15, 0.2) is 54.6 Å². The molecule has 2 aromatic carbocycles. The molecule has 22 heavy (non-hydrogen) atoms. The van der Waals surface area contributed by atoms with E-state index >= 15 is 0 Å². The second-order valence-corrected chi connectivity index (χ2v) is 4.46. The molecule has 0 aliphatic heterocycles. The van der Waals surface area contributed by atoms with Gasteiger partial charge in [0.1, 0.15) is 11.9 Å². The predicted octanol–water partition coefficient (Wildman–Crippen LogP) is 3.72. The highest BCUT2D eigenvalue weighted by molar-refractivity contribution is 5.62. The van der Waals surface area contributed by atoms with E-state index in [1.54, 1.807) is 42.5 Å². The van der Waals surface area contributed by atoms with Crippen molar-refractivity contribution in [3.05, 3.63) is 65.7 Å². The maximum Gasteiger partial charge on any atom is 0.511 e. The van der Waals surface area contributed by atoms with Crippen LogP contribution in [0.1, 0.15) is 17.2 Å². The van der Waals surface area contributed by atoms with Crippen LogP contribution in [0.25, 0.3) is 0 Å². The van der Waals surface area contributed by atoms with Gasteiger partial charge in [0.25, 0.3) is 0 Å². The average Bonchev–Trinajstić information content (AvgIpc) is 2.48. The molecule has 2 N–H and O–H groups in total. The molecule has 0 aromatic heterocycles. The van der Waals surface area contributed by atoms with E-state index in [1.165, 1.54) is 6.07 Å². The number of ether oxygens (including phenoxy) is 2. The predicted molar refractivity (Wildman–Crippen MR) is 77.1 cm³/mol. The van der Waals surface area contributed by atoms with Crippen molar-refractivity contribution in [3.63, 3.8) is 0 Å². The fraction of sp³-hybridized carbons (Fsp3) is 0.125. The molecule has 0 heterocycles. The SMILES string of the molecule is O=C(O)Oc1ccccc1CC(OC(=O)O)c1ccccc1. The summed E-state index contributed by atoms with van der Waals surface area (Å²) in [6.45, 7) is 0. The van der Waals surface area contributed by atoms with Crippen LogP contribution in [0.5, 0.6) is 5.75 Å². The summed E-state index contributed by atoms with van der Waals surface area (Å²) in [5.41, 5.74) is 1.22. The second kappa shape index (κ2) is 7.12. The number of hydrogen-bond acceptors (Lipinski definition) is 4. The fourth-order valence-electron chi connectivity index (χ4n) is 2.08. The lowest BCUT2D eigenvalue weighted by atomic mass is 10.0. The first-order chi connectivity index (χ1) is 10.6. The highest BCUT2D eigenvalue weighted by Crippen LogP contribution is 2.27. The first kappa shape index (κ1) is 15.4. The second-order valence-electron chi connectivity index (χ2n) is 4.46. The summed E-state index contributed by atoms with van der Waals surface area (Å²) in [6.07, 6.45) is -3.41. The van der Waals surface area contributed by atoms with E-state index in [0.717, 1.165) is 0 Å². The van der Waals surface area contributed by atoms with Crippen molar-refractivity contribution in [3.8, 4) is 5.75 Å². The van der Waals surface area contributed by atoms with Crippen LogP contribution in [0.3, 0.4) is 0 Å². The van der Waals surface area contributed by atoms with Gasteiger partial charge in [0.2, 0.25) is 0 Å². The van der Waals surface area contributed by atoms with E-state index in [4.69, 9.17) is 19.7 Å². The molecule has 6 nitrogen and oxygen atoms in total. The summed E-state index contributed by atoms with van der Waals surface area (Å²) >= 11 is 0. The molecule has 114 valence electrons. The molecule has 0 saturated heterocycles. The van der Waals surface area contributed by atoms with E-state index in [-0.39, 0.29) is 12.2 Å². The Hall–Kier alpha value is -3.02. The summed E-state index contributed by atoms with van der Waals surface area (Å²) in [6, 6.07) is 15.4. The molecule has 2 rings (SSSR count).